The van der Waals surface area contributed by atoms with Gasteiger partial charge in [0, 0.05) is 18.7 Å². The molecule has 14 heteroatoms. The van der Waals surface area contributed by atoms with Crippen LogP contribution in [0.5, 0.6) is 5.75 Å². The maximum atomic E-state index is 13.5. The van der Waals surface area contributed by atoms with Gasteiger partial charge >= 0.3 is 12.3 Å². The van der Waals surface area contributed by atoms with E-state index in [1.165, 1.54) is 0 Å². The smallest absolute Gasteiger partial charge is 0.425 e. The first-order valence-corrected chi connectivity index (χ1v) is 13.4. The third kappa shape index (κ3) is 6.59. The third-order valence-electron chi connectivity index (χ3n) is 5.86. The van der Waals surface area contributed by atoms with Crippen LogP contribution in [0.3, 0.4) is 0 Å². The van der Waals surface area contributed by atoms with Gasteiger partial charge in [-0.25, -0.2) is 18.1 Å². The van der Waals surface area contributed by atoms with E-state index in [1.54, 1.807) is 20.8 Å². The Hall–Kier alpha value is -2.72. The summed E-state index contributed by atoms with van der Waals surface area (Å²) < 4.78 is 75.5. The van der Waals surface area contributed by atoms with Gasteiger partial charge in [0.05, 0.1) is 15.2 Å². The van der Waals surface area contributed by atoms with Crippen LogP contribution in [-0.2, 0) is 19.4 Å². The number of nitriles is 1. The lowest BCUT2D eigenvalue weighted by Crippen LogP contribution is -2.48. The summed E-state index contributed by atoms with van der Waals surface area (Å²) in [6, 6.07) is 1.48. The number of rotatable bonds is 6. The van der Waals surface area contributed by atoms with E-state index < -0.39 is 57.6 Å². The number of nitrogens with zero attached hydrogens (tertiary/aromatic N) is 3. The van der Waals surface area contributed by atoms with E-state index in [2.05, 4.69) is 0 Å². The number of carbonyl (C=O) groups is 2. The zero-order valence-electron chi connectivity index (χ0n) is 20.6. The van der Waals surface area contributed by atoms with Crippen LogP contribution in [0.1, 0.15) is 47.0 Å². The minimum absolute atomic E-state index is 0.280. The molecule has 37 heavy (non-hydrogen) atoms. The van der Waals surface area contributed by atoms with Gasteiger partial charge in [0.1, 0.15) is 17.4 Å². The molecule has 3 atom stereocenters. The number of carbonyl (C=O) groups excluding carboxylic acids is 2. The van der Waals surface area contributed by atoms with Crippen molar-refractivity contribution in [1.29, 1.82) is 5.26 Å². The number of sulfone groups is 1. The van der Waals surface area contributed by atoms with Crippen molar-refractivity contribution in [3.63, 3.8) is 0 Å². The molecule has 2 fully saturated rings. The maximum Gasteiger partial charge on any atom is 0.425 e. The number of ether oxygens (including phenoxy) is 2. The second-order valence-corrected chi connectivity index (χ2v) is 12.6. The number of benzene rings is 1. The summed E-state index contributed by atoms with van der Waals surface area (Å²) in [6.45, 7) is 5.23. The van der Waals surface area contributed by atoms with Crippen molar-refractivity contribution < 1.29 is 40.7 Å². The monoisotopic (exact) mass is 565 g/mol. The first kappa shape index (κ1) is 28.8. The van der Waals surface area contributed by atoms with E-state index in [0.29, 0.717) is 12.8 Å². The molecule has 204 valence electrons. The molecule has 0 radical (unpaired) electrons. The minimum atomic E-state index is -4.63. The van der Waals surface area contributed by atoms with Crippen LogP contribution in [-0.4, -0.2) is 72.0 Å². The van der Waals surface area contributed by atoms with Crippen LogP contribution in [0.15, 0.2) is 23.1 Å². The normalized spacial score (nSPS) is 21.2. The van der Waals surface area contributed by atoms with Crippen molar-refractivity contribution in [2.45, 2.75) is 87.1 Å². The molecule has 2 amide bonds. The average molecular weight is 566 g/mol. The lowest BCUT2D eigenvalue weighted by Gasteiger charge is -2.29. The molecule has 1 saturated carbocycles. The molecule has 0 N–H and O–H groups in total. The molecule has 1 aliphatic carbocycles. The van der Waals surface area contributed by atoms with Crippen molar-refractivity contribution in [3.05, 3.63) is 23.2 Å². The molecule has 1 saturated heterocycles. The van der Waals surface area contributed by atoms with E-state index in [4.69, 9.17) is 21.1 Å². The number of hydrogen-bond donors (Lipinski definition) is 0. The van der Waals surface area contributed by atoms with E-state index in [-0.39, 0.29) is 28.1 Å². The van der Waals surface area contributed by atoms with Crippen molar-refractivity contribution >= 4 is 33.4 Å². The highest BCUT2D eigenvalue weighted by Gasteiger charge is 2.50. The molecule has 1 aromatic carbocycles. The summed E-state index contributed by atoms with van der Waals surface area (Å²) in [5, 5.41) is 7.80. The van der Waals surface area contributed by atoms with E-state index in [9.17, 15) is 36.4 Å². The van der Waals surface area contributed by atoms with Gasteiger partial charge in [-0.15, -0.1) is 0 Å². The van der Waals surface area contributed by atoms with E-state index in [1.807, 2.05) is 6.19 Å². The van der Waals surface area contributed by atoms with Gasteiger partial charge in [-0.05, 0) is 59.1 Å². The Kier molecular flexibility index (Phi) is 7.96. The van der Waals surface area contributed by atoms with Crippen LogP contribution in [0.2, 0.25) is 5.02 Å². The molecule has 3 rings (SSSR count). The second kappa shape index (κ2) is 10.2. The molecule has 3 unspecified atom stereocenters. The fraction of sp³-hybridized carbons (Fsp3) is 0.609. The van der Waals surface area contributed by atoms with Crippen molar-refractivity contribution in [2.75, 3.05) is 6.54 Å². The fourth-order valence-corrected chi connectivity index (χ4v) is 6.05. The SMILES string of the molecule is CC(Oc1ccc(S(=O)(=O)C2CC(C(=O)N(C#N)C3CC3)N(C(=O)OC(C)(C)C)C2)c(Cl)c1)C(F)(F)F. The van der Waals surface area contributed by atoms with Gasteiger partial charge in [-0.2, -0.15) is 18.4 Å². The van der Waals surface area contributed by atoms with Crippen molar-refractivity contribution in [3.8, 4) is 11.9 Å². The predicted octanol–water partition coefficient (Wildman–Crippen LogP) is 4.29. The van der Waals surface area contributed by atoms with Crippen LogP contribution in [0, 0.1) is 11.5 Å². The lowest BCUT2D eigenvalue weighted by molar-refractivity contribution is -0.189. The number of hydrogen-bond acceptors (Lipinski definition) is 7. The highest BCUT2D eigenvalue weighted by molar-refractivity contribution is 7.92. The number of amides is 2. The quantitative estimate of drug-likeness (QED) is 0.373. The number of alkyl halides is 3. The van der Waals surface area contributed by atoms with Crippen LogP contribution in [0.25, 0.3) is 0 Å². The Balaban J connectivity index is 1.89. The Bertz CT molecular complexity index is 1210. The summed E-state index contributed by atoms with van der Waals surface area (Å²) >= 11 is 6.13. The summed E-state index contributed by atoms with van der Waals surface area (Å²) in [6.07, 6.45) is -4.95. The minimum Gasteiger partial charge on any atom is -0.481 e. The molecular weight excluding hydrogens is 539 g/mol. The van der Waals surface area contributed by atoms with Crippen LogP contribution < -0.4 is 4.74 Å². The van der Waals surface area contributed by atoms with E-state index in [0.717, 1.165) is 34.9 Å². The molecule has 2 aliphatic rings. The summed E-state index contributed by atoms with van der Waals surface area (Å²) in [7, 11) is -4.27. The largest absolute Gasteiger partial charge is 0.481 e. The Morgan fingerprint density at radius 1 is 1.24 bits per heavy atom. The number of halogens is 4. The molecule has 1 aromatic rings. The highest BCUT2D eigenvalue weighted by Crippen LogP contribution is 2.37. The lowest BCUT2D eigenvalue weighted by atomic mass is 10.2. The standard InChI is InChI=1S/C23H27ClF3N3O6S/c1-13(23(25,26)27)35-15-7-8-19(17(24)9-15)37(33,34)16-10-18(20(31)30(12-28)14-5-6-14)29(11-16)21(32)36-22(2,3)4/h7-9,13-14,16,18H,5-6,10-11H2,1-4H3. The average Bonchev–Trinajstić information content (AvgIpc) is 3.47. The summed E-state index contributed by atoms with van der Waals surface area (Å²) in [5.41, 5.74) is -0.931. The zero-order chi connectivity index (χ0) is 27.9. The second-order valence-electron chi connectivity index (χ2n) is 9.98. The van der Waals surface area contributed by atoms with Gasteiger partial charge in [-0.3, -0.25) is 9.69 Å². The van der Waals surface area contributed by atoms with Crippen LogP contribution in [0.4, 0.5) is 18.0 Å². The Morgan fingerprint density at radius 3 is 2.35 bits per heavy atom. The molecule has 1 heterocycles. The summed E-state index contributed by atoms with van der Waals surface area (Å²) in [5.74, 6) is -0.984. The molecular formula is C23H27ClF3N3O6S. The number of likely N-dealkylation sites (tertiary alicyclic amines) is 1. The van der Waals surface area contributed by atoms with E-state index >= 15 is 0 Å². The first-order valence-electron chi connectivity index (χ1n) is 11.4. The van der Waals surface area contributed by atoms with Crippen LogP contribution >= 0.6 is 11.6 Å². The van der Waals surface area contributed by atoms with Gasteiger partial charge in [0.2, 0.25) is 0 Å². The van der Waals surface area contributed by atoms with Gasteiger partial charge < -0.3 is 9.47 Å². The Labute approximate surface area is 218 Å². The highest BCUT2D eigenvalue weighted by atomic mass is 35.5. The molecule has 0 bridgehead atoms. The zero-order valence-corrected chi connectivity index (χ0v) is 22.2. The molecule has 1 aliphatic heterocycles. The van der Waals surface area contributed by atoms with Crippen molar-refractivity contribution in [2.24, 2.45) is 0 Å². The van der Waals surface area contributed by atoms with Gasteiger partial charge in [-0.1, -0.05) is 11.6 Å². The van der Waals surface area contributed by atoms with Gasteiger partial charge in [0.25, 0.3) is 5.91 Å². The third-order valence-corrected chi connectivity index (χ3v) is 8.47. The topological polar surface area (TPSA) is 117 Å². The molecule has 0 aromatic heterocycles. The fourth-order valence-electron chi connectivity index (χ4n) is 3.82. The predicted molar refractivity (Wildman–Crippen MR) is 125 cm³/mol. The van der Waals surface area contributed by atoms with Crippen molar-refractivity contribution in [1.82, 2.24) is 9.80 Å². The first-order chi connectivity index (χ1) is 17.0. The molecule has 9 nitrogen and oxygen atoms in total. The summed E-state index contributed by atoms with van der Waals surface area (Å²) in [4.78, 5) is 27.6. The van der Waals surface area contributed by atoms with Gasteiger partial charge in [0.15, 0.2) is 22.1 Å². The Morgan fingerprint density at radius 2 is 1.86 bits per heavy atom. The maximum absolute atomic E-state index is 13.5. The molecule has 0 spiro atoms.